The maximum absolute atomic E-state index is 12.9. The predicted octanol–water partition coefficient (Wildman–Crippen LogP) is 4.78. The van der Waals surface area contributed by atoms with E-state index in [4.69, 9.17) is 9.15 Å². The number of furan rings is 1. The van der Waals surface area contributed by atoms with Crippen LogP contribution in [0.5, 0.6) is 5.75 Å². The summed E-state index contributed by atoms with van der Waals surface area (Å²) < 4.78 is 49.8. The molecule has 0 fully saturated rings. The van der Waals surface area contributed by atoms with Crippen LogP contribution in [-0.4, -0.2) is 24.4 Å². The molecule has 4 heterocycles. The van der Waals surface area contributed by atoms with Crippen molar-refractivity contribution in [2.45, 2.75) is 31.9 Å². The zero-order valence-corrected chi connectivity index (χ0v) is 17.9. The van der Waals surface area contributed by atoms with Gasteiger partial charge < -0.3 is 24.7 Å². The van der Waals surface area contributed by atoms with Gasteiger partial charge in [0.2, 0.25) is 0 Å². The Bertz CT molecular complexity index is 1170. The SMILES string of the molecule is CN1CCc2c(sc3c2C(=O)NC(c2ccc(COc4cccc(C(F)(F)F)c4)o2)N3)C1. The molecule has 6 nitrogen and oxygen atoms in total. The number of halogens is 3. The first-order valence-corrected chi connectivity index (χ1v) is 10.9. The number of likely N-dealkylation sites (N-methyl/N-ethyl adjacent to an activating group) is 1. The molecule has 0 aliphatic carbocycles. The molecule has 0 spiro atoms. The molecule has 32 heavy (non-hydrogen) atoms. The maximum Gasteiger partial charge on any atom is 0.416 e. The summed E-state index contributed by atoms with van der Waals surface area (Å²) >= 11 is 1.59. The number of rotatable bonds is 4. The van der Waals surface area contributed by atoms with E-state index < -0.39 is 17.9 Å². The third-order valence-electron chi connectivity index (χ3n) is 5.54. The van der Waals surface area contributed by atoms with Gasteiger partial charge in [-0.1, -0.05) is 6.07 Å². The highest BCUT2D eigenvalue weighted by atomic mass is 32.1. The average molecular weight is 463 g/mol. The number of hydrogen-bond donors (Lipinski definition) is 2. The van der Waals surface area contributed by atoms with E-state index in [-0.39, 0.29) is 18.3 Å². The summed E-state index contributed by atoms with van der Waals surface area (Å²) in [5.41, 5.74) is 1.06. The van der Waals surface area contributed by atoms with Gasteiger partial charge in [0.15, 0.2) is 6.17 Å². The van der Waals surface area contributed by atoms with Crippen molar-refractivity contribution < 1.29 is 27.1 Å². The lowest BCUT2D eigenvalue weighted by Crippen LogP contribution is -2.38. The molecular weight excluding hydrogens is 443 g/mol. The van der Waals surface area contributed by atoms with Crippen LogP contribution in [0.2, 0.25) is 0 Å². The van der Waals surface area contributed by atoms with Gasteiger partial charge in [0, 0.05) is 18.0 Å². The number of nitrogens with one attached hydrogen (secondary N) is 2. The number of carbonyl (C=O) groups excluding carboxylic acids is 1. The molecule has 2 aromatic heterocycles. The molecule has 10 heteroatoms. The summed E-state index contributed by atoms with van der Waals surface area (Å²) in [7, 11) is 2.06. The smallest absolute Gasteiger partial charge is 0.416 e. The Morgan fingerprint density at radius 1 is 1.25 bits per heavy atom. The van der Waals surface area contributed by atoms with Crippen molar-refractivity contribution in [3.8, 4) is 5.75 Å². The Kier molecular flexibility index (Phi) is 5.13. The fourth-order valence-corrected chi connectivity index (χ4v) is 5.28. The van der Waals surface area contributed by atoms with Crippen LogP contribution in [0.25, 0.3) is 0 Å². The van der Waals surface area contributed by atoms with E-state index in [2.05, 4.69) is 22.6 Å². The zero-order chi connectivity index (χ0) is 22.5. The molecule has 0 radical (unpaired) electrons. The molecule has 0 saturated carbocycles. The molecule has 1 amide bonds. The molecule has 1 unspecified atom stereocenters. The number of anilines is 1. The number of alkyl halides is 3. The standard InChI is InChI=1S/C22H20F3N3O3S/c1-28-8-7-15-17(10-28)32-21-18(15)20(29)26-19(27-21)16-6-5-14(31-16)11-30-13-4-2-3-12(9-13)22(23,24)25/h2-6,9,19,27H,7-8,10-11H2,1H3,(H,26,29). The fourth-order valence-electron chi connectivity index (χ4n) is 3.93. The van der Waals surface area contributed by atoms with Crippen LogP contribution in [0.3, 0.4) is 0 Å². The number of fused-ring (bicyclic) bond motifs is 3. The first kappa shape index (κ1) is 20.9. The van der Waals surface area contributed by atoms with Crippen molar-refractivity contribution in [1.29, 1.82) is 0 Å². The largest absolute Gasteiger partial charge is 0.486 e. The van der Waals surface area contributed by atoms with Crippen molar-refractivity contribution in [1.82, 2.24) is 10.2 Å². The Labute approximate surface area is 186 Å². The second-order valence-electron chi connectivity index (χ2n) is 7.86. The van der Waals surface area contributed by atoms with Crippen LogP contribution in [0.1, 0.15) is 44.0 Å². The lowest BCUT2D eigenvalue weighted by Gasteiger charge is -2.26. The van der Waals surface area contributed by atoms with Crippen LogP contribution in [-0.2, 0) is 25.7 Å². The molecule has 3 aromatic rings. The summed E-state index contributed by atoms with van der Waals surface area (Å²) in [6.07, 6.45) is -4.12. The Morgan fingerprint density at radius 2 is 2.09 bits per heavy atom. The lowest BCUT2D eigenvalue weighted by molar-refractivity contribution is -0.137. The highest BCUT2D eigenvalue weighted by Gasteiger charge is 2.34. The van der Waals surface area contributed by atoms with Gasteiger partial charge in [0.05, 0.1) is 11.1 Å². The quantitative estimate of drug-likeness (QED) is 0.583. The molecule has 2 aliphatic heterocycles. The molecule has 1 atom stereocenters. The first-order valence-electron chi connectivity index (χ1n) is 10.1. The number of amides is 1. The van der Waals surface area contributed by atoms with E-state index >= 15 is 0 Å². The predicted molar refractivity (Wildman–Crippen MR) is 113 cm³/mol. The monoisotopic (exact) mass is 463 g/mol. The number of ether oxygens (including phenoxy) is 1. The minimum Gasteiger partial charge on any atom is -0.486 e. The van der Waals surface area contributed by atoms with Gasteiger partial charge in [-0.25, -0.2) is 0 Å². The Morgan fingerprint density at radius 3 is 2.91 bits per heavy atom. The van der Waals surface area contributed by atoms with Crippen LogP contribution < -0.4 is 15.4 Å². The van der Waals surface area contributed by atoms with E-state index in [1.165, 1.54) is 17.0 Å². The molecule has 2 aliphatic rings. The molecule has 0 saturated heterocycles. The van der Waals surface area contributed by atoms with Crippen molar-refractivity contribution in [2.24, 2.45) is 0 Å². The summed E-state index contributed by atoms with van der Waals surface area (Å²) in [5, 5.41) is 7.10. The van der Waals surface area contributed by atoms with E-state index in [0.29, 0.717) is 17.1 Å². The number of carbonyl (C=O) groups is 1. The summed E-state index contributed by atoms with van der Waals surface area (Å²) in [5.74, 6) is 0.895. The van der Waals surface area contributed by atoms with Gasteiger partial charge in [-0.3, -0.25) is 4.79 Å². The van der Waals surface area contributed by atoms with Crippen molar-refractivity contribution in [2.75, 3.05) is 18.9 Å². The average Bonchev–Trinajstić information content (AvgIpc) is 3.36. The lowest BCUT2D eigenvalue weighted by atomic mass is 10.0. The second kappa shape index (κ2) is 7.86. The van der Waals surface area contributed by atoms with Gasteiger partial charge in [-0.2, -0.15) is 13.2 Å². The van der Waals surface area contributed by atoms with Crippen LogP contribution in [0.4, 0.5) is 18.2 Å². The molecular formula is C22H20F3N3O3S. The Hall–Kier alpha value is -2.98. The first-order chi connectivity index (χ1) is 15.3. The summed E-state index contributed by atoms with van der Waals surface area (Å²) in [6, 6.07) is 8.09. The molecule has 168 valence electrons. The number of hydrogen-bond acceptors (Lipinski definition) is 6. The normalized spacial score (nSPS) is 18.5. The molecule has 5 rings (SSSR count). The molecule has 1 aromatic carbocycles. The minimum atomic E-state index is -4.43. The summed E-state index contributed by atoms with van der Waals surface area (Å²) in [6.45, 7) is 1.71. The third kappa shape index (κ3) is 3.95. The van der Waals surface area contributed by atoms with Crippen molar-refractivity contribution >= 4 is 22.2 Å². The van der Waals surface area contributed by atoms with Gasteiger partial charge in [-0.05, 0) is 49.4 Å². The molecule has 2 N–H and O–H groups in total. The van der Waals surface area contributed by atoms with Gasteiger partial charge in [0.25, 0.3) is 5.91 Å². The van der Waals surface area contributed by atoms with E-state index in [9.17, 15) is 18.0 Å². The zero-order valence-electron chi connectivity index (χ0n) is 17.1. The summed E-state index contributed by atoms with van der Waals surface area (Å²) in [4.78, 5) is 16.2. The number of thiophene rings is 1. The van der Waals surface area contributed by atoms with Crippen molar-refractivity contribution in [3.05, 3.63) is 69.5 Å². The fraction of sp³-hybridized carbons (Fsp3) is 0.318. The van der Waals surface area contributed by atoms with Crippen LogP contribution in [0.15, 0.2) is 40.8 Å². The molecule has 0 bridgehead atoms. The third-order valence-corrected chi connectivity index (χ3v) is 6.68. The maximum atomic E-state index is 12.9. The van der Waals surface area contributed by atoms with E-state index in [0.717, 1.165) is 42.2 Å². The number of benzene rings is 1. The van der Waals surface area contributed by atoms with Gasteiger partial charge in [0.1, 0.15) is 28.9 Å². The van der Waals surface area contributed by atoms with Gasteiger partial charge >= 0.3 is 6.18 Å². The highest BCUT2D eigenvalue weighted by Crippen LogP contribution is 2.40. The Balaban J connectivity index is 1.28. The minimum absolute atomic E-state index is 0.0349. The topological polar surface area (TPSA) is 66.7 Å². The van der Waals surface area contributed by atoms with E-state index in [1.807, 2.05) is 0 Å². The van der Waals surface area contributed by atoms with Crippen LogP contribution >= 0.6 is 11.3 Å². The second-order valence-corrected chi connectivity index (χ2v) is 8.97. The van der Waals surface area contributed by atoms with Crippen molar-refractivity contribution in [3.63, 3.8) is 0 Å². The van der Waals surface area contributed by atoms with Gasteiger partial charge in [-0.15, -0.1) is 11.3 Å². The van der Waals surface area contributed by atoms with E-state index in [1.54, 1.807) is 23.5 Å². The number of nitrogens with zero attached hydrogens (tertiary/aromatic N) is 1. The highest BCUT2D eigenvalue weighted by molar-refractivity contribution is 7.16. The van der Waals surface area contributed by atoms with Crippen LogP contribution in [0, 0.1) is 0 Å².